The molecule has 1 aliphatic heterocycles. The summed E-state index contributed by atoms with van der Waals surface area (Å²) in [5.74, 6) is 2.07. The van der Waals surface area contributed by atoms with Crippen LogP contribution in [-0.2, 0) is 6.42 Å². The van der Waals surface area contributed by atoms with E-state index in [-0.39, 0.29) is 0 Å². The van der Waals surface area contributed by atoms with E-state index in [9.17, 15) is 0 Å². The van der Waals surface area contributed by atoms with E-state index < -0.39 is 0 Å². The van der Waals surface area contributed by atoms with E-state index in [1.54, 1.807) is 11.3 Å². The van der Waals surface area contributed by atoms with Crippen LogP contribution < -0.4 is 10.2 Å². The maximum Gasteiger partial charge on any atom is 0.132 e. The highest BCUT2D eigenvalue weighted by Gasteiger charge is 2.22. The van der Waals surface area contributed by atoms with Crippen LogP contribution in [0, 0.1) is 6.92 Å². The molecule has 1 atom stereocenters. The number of hydrogen-bond acceptors (Lipinski definition) is 6. The predicted molar refractivity (Wildman–Crippen MR) is 99.7 cm³/mol. The molecule has 0 amide bonds. The lowest BCUT2D eigenvalue weighted by molar-refractivity contribution is 0.379. The van der Waals surface area contributed by atoms with Gasteiger partial charge in [-0.25, -0.2) is 15.0 Å². The normalized spacial score (nSPS) is 17.2. The molecule has 5 nitrogen and oxygen atoms in total. The summed E-state index contributed by atoms with van der Waals surface area (Å²) in [5, 5.41) is 6.94. The summed E-state index contributed by atoms with van der Waals surface area (Å²) in [6.07, 6.45) is 6.21. The van der Waals surface area contributed by atoms with Gasteiger partial charge in [-0.05, 0) is 33.1 Å². The number of thiazole rings is 1. The second kappa shape index (κ2) is 8.03. The molecule has 1 fully saturated rings. The molecule has 1 aliphatic rings. The van der Waals surface area contributed by atoms with Crippen LogP contribution in [0.15, 0.2) is 17.6 Å². The standard InChI is InChI=1S/C18H27N5S/c1-4-5-16-20-13(2)12-17(22-16)23-9-6-15(7-10-23)21-14(3)18-19-8-11-24-18/h8,11-12,14-15,21H,4-7,9-10H2,1-3H3/t14-/m1/s1. The molecule has 6 heteroatoms. The Morgan fingerprint density at radius 2 is 2.12 bits per heavy atom. The first-order valence-electron chi connectivity index (χ1n) is 8.90. The smallest absolute Gasteiger partial charge is 0.132 e. The number of piperidine rings is 1. The van der Waals surface area contributed by atoms with Gasteiger partial charge in [0, 0.05) is 48.9 Å². The van der Waals surface area contributed by atoms with Crippen molar-refractivity contribution in [1.29, 1.82) is 0 Å². The number of anilines is 1. The molecule has 2 aromatic heterocycles. The fourth-order valence-corrected chi connectivity index (χ4v) is 3.91. The Hall–Kier alpha value is -1.53. The second-order valence-electron chi connectivity index (χ2n) is 6.55. The quantitative estimate of drug-likeness (QED) is 0.868. The average molecular weight is 346 g/mol. The molecular formula is C18H27N5S. The fraction of sp³-hybridized carbons (Fsp3) is 0.611. The number of nitrogens with one attached hydrogen (secondary N) is 1. The van der Waals surface area contributed by atoms with Gasteiger partial charge in [-0.1, -0.05) is 6.92 Å². The van der Waals surface area contributed by atoms with Gasteiger partial charge in [0.2, 0.25) is 0 Å². The summed E-state index contributed by atoms with van der Waals surface area (Å²) in [5.41, 5.74) is 1.07. The average Bonchev–Trinajstić information content (AvgIpc) is 3.10. The Kier molecular flexibility index (Phi) is 5.79. The highest BCUT2D eigenvalue weighted by atomic mass is 32.1. The molecular weight excluding hydrogens is 318 g/mol. The maximum atomic E-state index is 4.76. The van der Waals surface area contributed by atoms with Crippen LogP contribution in [0.4, 0.5) is 5.82 Å². The van der Waals surface area contributed by atoms with E-state index in [1.165, 1.54) is 5.01 Å². The van der Waals surface area contributed by atoms with Crippen molar-refractivity contribution < 1.29 is 0 Å². The van der Waals surface area contributed by atoms with Gasteiger partial charge in [0.1, 0.15) is 16.6 Å². The molecule has 0 saturated carbocycles. The molecule has 3 rings (SSSR count). The zero-order valence-corrected chi connectivity index (χ0v) is 15.6. The molecule has 0 bridgehead atoms. The Balaban J connectivity index is 1.57. The minimum atomic E-state index is 0.332. The Bertz CT molecular complexity index is 635. The lowest BCUT2D eigenvalue weighted by Gasteiger charge is -2.34. The number of nitrogens with zero attached hydrogens (tertiary/aromatic N) is 4. The third-order valence-electron chi connectivity index (χ3n) is 4.49. The number of aromatic nitrogens is 3. The van der Waals surface area contributed by atoms with Crippen LogP contribution in [0.2, 0.25) is 0 Å². The first-order valence-corrected chi connectivity index (χ1v) is 9.78. The van der Waals surface area contributed by atoms with Gasteiger partial charge < -0.3 is 10.2 Å². The highest BCUT2D eigenvalue weighted by Crippen LogP contribution is 2.22. The van der Waals surface area contributed by atoms with Gasteiger partial charge in [-0.2, -0.15) is 0 Å². The highest BCUT2D eigenvalue weighted by molar-refractivity contribution is 7.09. The van der Waals surface area contributed by atoms with Crippen molar-refractivity contribution in [3.63, 3.8) is 0 Å². The van der Waals surface area contributed by atoms with Crippen LogP contribution in [0.25, 0.3) is 0 Å². The summed E-state index contributed by atoms with van der Waals surface area (Å²) in [7, 11) is 0. The van der Waals surface area contributed by atoms with Crippen molar-refractivity contribution in [3.05, 3.63) is 34.2 Å². The molecule has 0 radical (unpaired) electrons. The third kappa shape index (κ3) is 4.30. The number of rotatable bonds is 6. The van der Waals surface area contributed by atoms with Crippen molar-refractivity contribution in [1.82, 2.24) is 20.3 Å². The van der Waals surface area contributed by atoms with Gasteiger partial charge in [-0.15, -0.1) is 11.3 Å². The van der Waals surface area contributed by atoms with E-state index in [2.05, 4.69) is 47.0 Å². The van der Waals surface area contributed by atoms with Crippen LogP contribution in [-0.4, -0.2) is 34.1 Å². The zero-order valence-electron chi connectivity index (χ0n) is 14.8. The molecule has 0 spiro atoms. The van der Waals surface area contributed by atoms with Crippen LogP contribution in [0.1, 0.15) is 55.7 Å². The molecule has 0 unspecified atom stereocenters. The van der Waals surface area contributed by atoms with Crippen LogP contribution in [0.3, 0.4) is 0 Å². The minimum Gasteiger partial charge on any atom is -0.356 e. The third-order valence-corrected chi connectivity index (χ3v) is 5.45. The minimum absolute atomic E-state index is 0.332. The van der Waals surface area contributed by atoms with Crippen molar-refractivity contribution in [2.24, 2.45) is 0 Å². The molecule has 0 aliphatic carbocycles. The lowest BCUT2D eigenvalue weighted by Crippen LogP contribution is -2.43. The van der Waals surface area contributed by atoms with E-state index in [0.717, 1.165) is 56.1 Å². The summed E-state index contributed by atoms with van der Waals surface area (Å²) >= 11 is 1.72. The topological polar surface area (TPSA) is 53.9 Å². The summed E-state index contributed by atoms with van der Waals surface area (Å²) < 4.78 is 0. The van der Waals surface area contributed by atoms with Crippen LogP contribution in [0.5, 0.6) is 0 Å². The second-order valence-corrected chi connectivity index (χ2v) is 7.48. The fourth-order valence-electron chi connectivity index (χ4n) is 3.26. The summed E-state index contributed by atoms with van der Waals surface area (Å²) in [6.45, 7) is 8.53. The molecule has 1 N–H and O–H groups in total. The number of aryl methyl sites for hydroxylation is 2. The number of hydrogen-bond donors (Lipinski definition) is 1. The monoisotopic (exact) mass is 345 g/mol. The first-order chi connectivity index (χ1) is 11.7. The van der Waals surface area contributed by atoms with Gasteiger partial charge in [0.15, 0.2) is 0 Å². The van der Waals surface area contributed by atoms with Gasteiger partial charge >= 0.3 is 0 Å². The van der Waals surface area contributed by atoms with Crippen LogP contribution >= 0.6 is 11.3 Å². The molecule has 24 heavy (non-hydrogen) atoms. The molecule has 2 aromatic rings. The van der Waals surface area contributed by atoms with E-state index in [4.69, 9.17) is 4.98 Å². The predicted octanol–water partition coefficient (Wildman–Crippen LogP) is 3.51. The van der Waals surface area contributed by atoms with Crippen molar-refractivity contribution >= 4 is 17.2 Å². The van der Waals surface area contributed by atoms with Gasteiger partial charge in [0.25, 0.3) is 0 Å². The van der Waals surface area contributed by atoms with Gasteiger partial charge in [0.05, 0.1) is 6.04 Å². The van der Waals surface area contributed by atoms with E-state index in [0.29, 0.717) is 12.1 Å². The van der Waals surface area contributed by atoms with Gasteiger partial charge in [-0.3, -0.25) is 0 Å². The lowest BCUT2D eigenvalue weighted by atomic mass is 10.0. The maximum absolute atomic E-state index is 4.76. The SMILES string of the molecule is CCCc1nc(C)cc(N2CCC(N[C@H](C)c3nccs3)CC2)n1. The molecule has 0 aromatic carbocycles. The summed E-state index contributed by atoms with van der Waals surface area (Å²) in [4.78, 5) is 16.1. The molecule has 1 saturated heterocycles. The van der Waals surface area contributed by atoms with E-state index >= 15 is 0 Å². The molecule has 3 heterocycles. The van der Waals surface area contributed by atoms with E-state index in [1.807, 2.05) is 11.6 Å². The Morgan fingerprint density at radius 1 is 1.33 bits per heavy atom. The van der Waals surface area contributed by atoms with Crippen molar-refractivity contribution in [2.45, 2.75) is 58.5 Å². The Morgan fingerprint density at radius 3 is 2.79 bits per heavy atom. The van der Waals surface area contributed by atoms with Crippen molar-refractivity contribution in [2.75, 3.05) is 18.0 Å². The first kappa shape index (κ1) is 17.3. The molecule has 130 valence electrons. The zero-order chi connectivity index (χ0) is 16.9. The Labute approximate surface area is 148 Å². The largest absolute Gasteiger partial charge is 0.356 e. The van der Waals surface area contributed by atoms with Crippen molar-refractivity contribution in [3.8, 4) is 0 Å². The summed E-state index contributed by atoms with van der Waals surface area (Å²) in [6, 6.07) is 3.00.